The van der Waals surface area contributed by atoms with Crippen molar-refractivity contribution in [3.05, 3.63) is 388 Å². The van der Waals surface area contributed by atoms with Crippen molar-refractivity contribution < 1.29 is 110 Å². The van der Waals surface area contributed by atoms with Crippen molar-refractivity contribution in [2.45, 2.75) is 77.7 Å². The third-order valence-electron chi connectivity index (χ3n) is 22.8. The van der Waals surface area contributed by atoms with Crippen LogP contribution in [0.4, 0.5) is 30.8 Å². The molecule has 0 spiro atoms. The summed E-state index contributed by atoms with van der Waals surface area (Å²) in [5.74, 6) is -9.46. The number of ketones is 2. The lowest BCUT2D eigenvalue weighted by molar-refractivity contribution is -0.139. The number of urea groups is 1. The molecule has 7 heterocycles. The number of likely N-dealkylation sites (N-methyl/N-ethyl adjacent to an activating group) is 2. The van der Waals surface area contributed by atoms with Crippen LogP contribution in [0.1, 0.15) is 119 Å². The Hall–Kier alpha value is -15.3. The molecule has 38 heteroatoms. The zero-order valence-electron chi connectivity index (χ0n) is 76.3. The number of aromatic carboxylic acids is 1. The summed E-state index contributed by atoms with van der Waals surface area (Å²) >= 11 is 16.1. The highest BCUT2D eigenvalue weighted by Gasteiger charge is 2.47. The van der Waals surface area contributed by atoms with Crippen molar-refractivity contribution in [3.8, 4) is 22.6 Å². The van der Waals surface area contributed by atoms with E-state index in [-0.39, 0.29) is 70.7 Å². The number of nitrogens with one attached hydrogen (secondary N) is 1. The summed E-state index contributed by atoms with van der Waals surface area (Å²) in [6.07, 6.45) is 19.1. The molecular weight excluding hydrogens is 1970 g/mol. The Morgan fingerprint density at radius 3 is 1.96 bits per heavy atom. The SMILES string of the molecule is CC(C(=O)O)c1ccc(C(=O)c2ccccc2)s1.CC1=C(CC(=O)O)c2cc(F)ccc2/C1=C\c1ccc(S(C)=O)cc1.CN1C(C(=O)Nc2ccccn2)=C(O)C2C=CC=CC2S1(=O)=O.COC1=CC2Sc3ccc(C(C)C(=O)O)cc3N(C)C2C=C1.NC(=O)N1C(=O)C(C(=O)c2cccs2)c2cc(Cl)ccc21.O=C(O)Cc1nn(-c2ccc(F)cc2)cc1-c1ccc(Cl)cc1.O=C(O)c1ccccc1O. The van der Waals surface area contributed by atoms with E-state index in [0.29, 0.717) is 74.8 Å². The Labute approximate surface area is 838 Å². The van der Waals surface area contributed by atoms with E-state index in [1.807, 2.05) is 67.6 Å². The highest BCUT2D eigenvalue weighted by Crippen LogP contribution is 2.48. The van der Waals surface area contributed by atoms with Gasteiger partial charge < -0.3 is 56.4 Å². The van der Waals surface area contributed by atoms with Crippen LogP contribution >= 0.6 is 57.6 Å². The van der Waals surface area contributed by atoms with Crippen molar-refractivity contribution in [3.63, 3.8) is 0 Å². The van der Waals surface area contributed by atoms with Crippen LogP contribution in [0.15, 0.2) is 317 Å². The number of para-hydroxylation sites is 1. The quantitative estimate of drug-likeness (QED) is 0.0253. The van der Waals surface area contributed by atoms with Gasteiger partial charge >= 0.3 is 35.9 Å². The van der Waals surface area contributed by atoms with Crippen molar-refractivity contribution >= 4 is 172 Å². The number of hydrogen-bond acceptors (Lipinski definition) is 22. The number of amides is 4. The number of aliphatic hydroxyl groups is 1. The fourth-order valence-electron chi connectivity index (χ4n) is 15.4. The molecule has 142 heavy (non-hydrogen) atoms. The molecule has 8 unspecified atom stereocenters. The topological polar surface area (TPSA) is 451 Å². The number of imide groups is 1. The van der Waals surface area contributed by atoms with Gasteiger partial charge in [-0.1, -0.05) is 145 Å². The number of halogens is 4. The molecule has 730 valence electrons. The van der Waals surface area contributed by atoms with Crippen LogP contribution in [0.2, 0.25) is 10.0 Å². The number of aliphatic hydroxyl groups excluding tert-OH is 1. The van der Waals surface area contributed by atoms with E-state index in [1.165, 1.54) is 95.4 Å². The van der Waals surface area contributed by atoms with Crippen molar-refractivity contribution in [2.75, 3.05) is 42.6 Å². The number of hydrogen-bond donors (Lipinski definition) is 9. The Morgan fingerprint density at radius 1 is 0.683 bits per heavy atom. The Kier molecular flexibility index (Phi) is 35.0. The van der Waals surface area contributed by atoms with Crippen LogP contribution in [0.25, 0.3) is 34.0 Å². The minimum Gasteiger partial charge on any atom is -0.509 e. The van der Waals surface area contributed by atoms with E-state index in [2.05, 4.69) is 39.5 Å². The maximum atomic E-state index is 13.7. The van der Waals surface area contributed by atoms with Crippen LogP contribution in [0.5, 0.6) is 5.75 Å². The van der Waals surface area contributed by atoms with Gasteiger partial charge in [0, 0.05) is 79.4 Å². The number of phenols is 1. The van der Waals surface area contributed by atoms with Gasteiger partial charge in [-0.05, 0) is 228 Å². The number of sulfonamides is 1. The molecule has 0 saturated heterocycles. The molecular formula is C104H90Cl2F2N8O21S5. The molecule has 0 radical (unpaired) electrons. The highest BCUT2D eigenvalue weighted by molar-refractivity contribution is 8.00. The fourth-order valence-corrected chi connectivity index (χ4v) is 21.0. The van der Waals surface area contributed by atoms with Crippen LogP contribution in [-0.2, 0) is 60.7 Å². The maximum absolute atomic E-state index is 13.7. The lowest BCUT2D eigenvalue weighted by Gasteiger charge is -2.40. The summed E-state index contributed by atoms with van der Waals surface area (Å²) in [7, 11) is 0.168. The van der Waals surface area contributed by atoms with E-state index < -0.39 is 97.4 Å². The molecule has 0 bridgehead atoms. The number of carbonyl (C=O) groups excluding carboxylic acids is 5. The number of benzene rings is 8. The molecule has 3 aliphatic heterocycles. The number of fused-ring (bicyclic) bond motifs is 5. The number of aromatic nitrogens is 3. The average molecular weight is 2060 g/mol. The minimum atomic E-state index is -3.79. The summed E-state index contributed by atoms with van der Waals surface area (Å²) in [5, 5.41) is 73.0. The Bertz CT molecular complexity index is 7220. The molecule has 18 rings (SSSR count). The van der Waals surface area contributed by atoms with Gasteiger partial charge in [-0.3, -0.25) is 46.9 Å². The van der Waals surface area contributed by atoms with Crippen molar-refractivity contribution in [2.24, 2.45) is 11.7 Å². The van der Waals surface area contributed by atoms with Gasteiger partial charge in [0.15, 0.2) is 11.5 Å². The van der Waals surface area contributed by atoms with Crippen LogP contribution in [0, 0.1) is 17.6 Å². The van der Waals surface area contributed by atoms with Gasteiger partial charge in [-0.25, -0.2) is 41.4 Å². The third kappa shape index (κ3) is 25.3. The number of allylic oxidation sites excluding steroid dienone is 6. The van der Waals surface area contributed by atoms with Crippen LogP contribution in [0.3, 0.4) is 0 Å². The second-order valence-corrected chi connectivity index (χ2v) is 39.6. The molecule has 3 aliphatic carbocycles. The number of nitrogens with two attached hydrogens (primary N) is 1. The van der Waals surface area contributed by atoms with E-state index in [4.69, 9.17) is 59.2 Å². The second-order valence-electron chi connectivity index (χ2n) is 32.0. The zero-order valence-corrected chi connectivity index (χ0v) is 81.9. The summed E-state index contributed by atoms with van der Waals surface area (Å²) < 4.78 is 71.0. The van der Waals surface area contributed by atoms with Crippen molar-refractivity contribution in [1.29, 1.82) is 0 Å². The number of thiophene rings is 2. The molecule has 8 atom stereocenters. The first-order valence-corrected chi connectivity index (χ1v) is 49.4. The minimum absolute atomic E-state index is 0.0653. The molecule has 4 amide bonds. The van der Waals surface area contributed by atoms with Gasteiger partial charge in [-0.15, -0.1) is 34.4 Å². The van der Waals surface area contributed by atoms with E-state index in [0.717, 1.165) is 58.9 Å². The largest absolute Gasteiger partial charge is 0.509 e. The number of aliphatic carboxylic acids is 4. The first kappa shape index (κ1) is 106. The first-order valence-electron chi connectivity index (χ1n) is 43.0. The Balaban J connectivity index is 0.000000149. The molecule has 0 saturated carbocycles. The number of carboxylic acid groups (broad SMARTS) is 5. The smallest absolute Gasteiger partial charge is 0.339 e. The second kappa shape index (κ2) is 47.1. The normalized spacial score (nSPS) is 17.1. The lowest BCUT2D eigenvalue weighted by Crippen LogP contribution is -2.47. The molecule has 6 aliphatic rings. The third-order valence-corrected chi connectivity index (χ3v) is 29.8. The van der Waals surface area contributed by atoms with Crippen molar-refractivity contribution in [1.82, 2.24) is 19.1 Å². The summed E-state index contributed by atoms with van der Waals surface area (Å²) in [4.78, 5) is 126. The number of anilines is 3. The molecule has 8 aromatic carbocycles. The van der Waals surface area contributed by atoms with Gasteiger partial charge in [0.25, 0.3) is 11.8 Å². The lowest BCUT2D eigenvalue weighted by atomic mass is 9.95. The number of ether oxygens (including phenoxy) is 1. The first-order chi connectivity index (χ1) is 67.6. The molecule has 4 aromatic heterocycles. The Morgan fingerprint density at radius 2 is 1.35 bits per heavy atom. The van der Waals surface area contributed by atoms with Crippen LogP contribution in [-0.4, -0.2) is 171 Å². The number of nitrogens with zero attached hydrogens (tertiary/aromatic N) is 6. The predicted octanol–water partition coefficient (Wildman–Crippen LogP) is 19.8. The van der Waals surface area contributed by atoms with Gasteiger partial charge in [0.1, 0.15) is 51.5 Å². The number of pyridine rings is 1. The summed E-state index contributed by atoms with van der Waals surface area (Å²) in [6.45, 7) is 5.19. The summed E-state index contributed by atoms with van der Waals surface area (Å²) in [6, 6.07) is 61.1. The number of aromatic hydroxyl groups is 1. The number of rotatable bonds is 20. The molecule has 29 nitrogen and oxygen atoms in total. The number of Topliss-reactive ketones (excluding diaryl/α,β-unsaturated/α-hetero) is 1. The fraction of sp³-hybridized carbons (Fsp3) is 0.154. The molecule has 0 fully saturated rings. The number of carbonyl (C=O) groups is 10. The molecule has 12 aromatic rings. The van der Waals surface area contributed by atoms with Gasteiger partial charge in [-0.2, -0.15) is 5.10 Å². The van der Waals surface area contributed by atoms with E-state index in [9.17, 15) is 79.6 Å². The number of thioether (sulfide) groups is 1. The number of carboxylic acids is 5. The van der Waals surface area contributed by atoms with Crippen LogP contribution < -0.4 is 20.9 Å². The van der Waals surface area contributed by atoms with E-state index in [1.54, 1.807) is 201 Å². The molecule has 10 N–H and O–H groups in total. The highest BCUT2D eigenvalue weighted by atomic mass is 35.5. The standard InChI is InChI=1S/C20H17FO3S.C17H12ClFN2O2.C17H19NO3S.C15H15N3O4S.C14H9ClN2O3S.C14H12O3S.C7H6O3/c1-12-17(9-13-3-6-15(7-4-13)25(2)24)16-8-5-14(21)10-19(16)18(12)11-20(22)23;18-12-3-1-11(2-4-12)15-10-21(20-16(15)9-17(22)23)14-7-5-13(19)6-8-14;1-10(17(19)20)11-4-7-15-14(8-11)18(2)13-6-5-12(21-3)9-16(13)22-15;1-18-13(15(20)17-12-8-4-5-9-16-12)14(19)10-6-2-3-7-11(10)23(18,21)22;15-7-3-4-9-8(6-7)11(13(19)17(9)14(16)20)12(18)10-2-1-5-21-10;1-9(14(16)17)11-7-8-12(18-11)13(15)10-5-3-2-4-6-10;8-6-4-2-1-3-5(6)7(9)10/h3-10H,11H2,1-2H3,(H,22,23);1-8,10H,9H2,(H,22,23);4-10,13,16H,1-3H3,(H,19,20);2-11,19H,1H3,(H,16,17,20);1-6,11H,(H2,16,20);2-9H,1H3,(H,16,17);1-4,8H,(H,9,10)/b17-9-;;;;;;. The zero-order chi connectivity index (χ0) is 103. The monoisotopic (exact) mass is 2050 g/mol. The average Bonchev–Trinajstić information content (AvgIpc) is 1.10. The van der Waals surface area contributed by atoms with Gasteiger partial charge in [0.05, 0.1) is 81.5 Å². The predicted molar refractivity (Wildman–Crippen MR) is 542 cm³/mol. The van der Waals surface area contributed by atoms with Gasteiger partial charge in [0.2, 0.25) is 15.8 Å². The number of methoxy groups -OCH3 is 1. The summed E-state index contributed by atoms with van der Waals surface area (Å²) in [5.41, 5.74) is 15.5. The number of primary amides is 1. The van der Waals surface area contributed by atoms with E-state index >= 15 is 0 Å². The maximum Gasteiger partial charge on any atom is 0.339 e.